The summed E-state index contributed by atoms with van der Waals surface area (Å²) in [6.45, 7) is 4.69. The predicted octanol–water partition coefficient (Wildman–Crippen LogP) is 4.73. The van der Waals surface area contributed by atoms with E-state index in [-0.39, 0.29) is 17.7 Å². The minimum atomic E-state index is -0.216. The highest BCUT2D eigenvalue weighted by Gasteiger charge is 2.22. The van der Waals surface area contributed by atoms with Crippen molar-refractivity contribution in [3.8, 4) is 5.75 Å². The number of hydrogen-bond donors (Lipinski definition) is 1. The molecule has 26 heavy (non-hydrogen) atoms. The summed E-state index contributed by atoms with van der Waals surface area (Å²) in [4.78, 5) is 12.4. The number of hydrogen-bond acceptors (Lipinski definition) is 3. The first-order chi connectivity index (χ1) is 12.4. The molecule has 3 aromatic rings. The van der Waals surface area contributed by atoms with Crippen LogP contribution >= 0.6 is 11.6 Å². The number of fused-ring (bicyclic) bond motifs is 1. The molecule has 1 amide bonds. The van der Waals surface area contributed by atoms with E-state index in [4.69, 9.17) is 20.8 Å². The number of halogens is 1. The Morgan fingerprint density at radius 3 is 2.77 bits per heavy atom. The van der Waals surface area contributed by atoms with Crippen molar-refractivity contribution in [2.24, 2.45) is 0 Å². The minimum absolute atomic E-state index is 0.0429. The Balaban J connectivity index is 1.66. The van der Waals surface area contributed by atoms with Crippen LogP contribution in [0.2, 0.25) is 5.02 Å². The number of ether oxygens (including phenoxy) is 1. The largest absolute Gasteiger partial charge is 0.497 e. The number of rotatable bonds is 6. The van der Waals surface area contributed by atoms with Crippen LogP contribution in [0.3, 0.4) is 0 Å². The van der Waals surface area contributed by atoms with Crippen LogP contribution in [0.5, 0.6) is 5.75 Å². The zero-order chi connectivity index (χ0) is 18.7. The fourth-order valence-electron chi connectivity index (χ4n) is 2.89. The molecule has 0 aliphatic rings. The third kappa shape index (κ3) is 4.02. The Bertz CT molecular complexity index is 930. The number of carbonyl (C=O) groups excluding carboxylic acids is 1. The zero-order valence-corrected chi connectivity index (χ0v) is 15.9. The SMILES string of the molecule is COc1ccc2c(CC(=O)NCC(C)(C)c3cccc(Cl)c3)coc2c1. The van der Waals surface area contributed by atoms with Crippen LogP contribution in [-0.2, 0) is 16.6 Å². The van der Waals surface area contributed by atoms with E-state index >= 15 is 0 Å². The molecule has 2 aromatic carbocycles. The topological polar surface area (TPSA) is 51.5 Å². The number of nitrogens with one attached hydrogen (secondary N) is 1. The van der Waals surface area contributed by atoms with E-state index in [0.29, 0.717) is 17.2 Å². The molecule has 0 atom stereocenters. The van der Waals surface area contributed by atoms with E-state index in [1.807, 2.05) is 42.5 Å². The second kappa shape index (κ2) is 7.42. The summed E-state index contributed by atoms with van der Waals surface area (Å²) in [6.07, 6.45) is 1.90. The highest BCUT2D eigenvalue weighted by atomic mass is 35.5. The Labute approximate surface area is 158 Å². The molecule has 1 aromatic heterocycles. The lowest BCUT2D eigenvalue weighted by atomic mass is 9.84. The molecule has 1 N–H and O–H groups in total. The molecule has 0 spiro atoms. The van der Waals surface area contributed by atoms with E-state index in [1.54, 1.807) is 13.4 Å². The second-order valence-electron chi connectivity index (χ2n) is 6.97. The number of carbonyl (C=O) groups is 1. The molecule has 0 unspecified atom stereocenters. The van der Waals surface area contributed by atoms with Crippen LogP contribution in [0.1, 0.15) is 25.0 Å². The fourth-order valence-corrected chi connectivity index (χ4v) is 3.08. The molecular formula is C21H22ClNO3. The monoisotopic (exact) mass is 371 g/mol. The van der Waals surface area contributed by atoms with Gasteiger partial charge in [-0.3, -0.25) is 4.79 Å². The molecule has 0 saturated heterocycles. The van der Waals surface area contributed by atoms with Crippen LogP contribution < -0.4 is 10.1 Å². The molecule has 3 rings (SSSR count). The summed E-state index contributed by atoms with van der Waals surface area (Å²) < 4.78 is 10.7. The summed E-state index contributed by atoms with van der Waals surface area (Å²) in [5, 5.41) is 4.64. The summed E-state index contributed by atoms with van der Waals surface area (Å²) in [5.74, 6) is 0.685. The third-order valence-corrected chi connectivity index (χ3v) is 4.78. The van der Waals surface area contributed by atoms with Crippen LogP contribution in [0, 0.1) is 0 Å². The summed E-state index contributed by atoms with van der Waals surface area (Å²) >= 11 is 6.08. The molecule has 0 saturated carbocycles. The van der Waals surface area contributed by atoms with Crippen molar-refractivity contribution in [2.75, 3.05) is 13.7 Å². The van der Waals surface area contributed by atoms with Gasteiger partial charge in [-0.25, -0.2) is 0 Å². The Hall–Kier alpha value is -2.46. The van der Waals surface area contributed by atoms with Crippen molar-refractivity contribution >= 4 is 28.5 Å². The molecule has 0 aliphatic heterocycles. The third-order valence-electron chi connectivity index (χ3n) is 4.55. The minimum Gasteiger partial charge on any atom is -0.497 e. The van der Waals surface area contributed by atoms with Gasteiger partial charge in [0.05, 0.1) is 19.8 Å². The predicted molar refractivity (Wildman–Crippen MR) is 104 cm³/mol. The van der Waals surface area contributed by atoms with Gasteiger partial charge in [-0.05, 0) is 29.8 Å². The number of amides is 1. The molecule has 0 fully saturated rings. The maximum Gasteiger partial charge on any atom is 0.224 e. The van der Waals surface area contributed by atoms with E-state index in [0.717, 1.165) is 22.3 Å². The molecular weight excluding hydrogens is 350 g/mol. The summed E-state index contributed by atoms with van der Waals surface area (Å²) in [7, 11) is 1.61. The van der Waals surface area contributed by atoms with Crippen molar-refractivity contribution in [1.29, 1.82) is 0 Å². The lowest BCUT2D eigenvalue weighted by Gasteiger charge is -2.26. The van der Waals surface area contributed by atoms with Gasteiger partial charge in [0.25, 0.3) is 0 Å². The first-order valence-electron chi connectivity index (χ1n) is 8.46. The fraction of sp³-hybridized carbons (Fsp3) is 0.286. The average Bonchev–Trinajstić information content (AvgIpc) is 3.02. The van der Waals surface area contributed by atoms with E-state index in [1.165, 1.54) is 0 Å². The number of methoxy groups -OCH3 is 1. The van der Waals surface area contributed by atoms with Crippen molar-refractivity contribution in [3.05, 3.63) is 64.9 Å². The van der Waals surface area contributed by atoms with E-state index in [2.05, 4.69) is 19.2 Å². The molecule has 136 valence electrons. The standard InChI is InChI=1S/C21H22ClNO3/c1-21(2,15-5-4-6-16(22)10-15)13-23-20(24)9-14-12-26-19-11-17(25-3)7-8-18(14)19/h4-8,10-12H,9,13H2,1-3H3,(H,23,24). The smallest absolute Gasteiger partial charge is 0.224 e. The quantitative estimate of drug-likeness (QED) is 0.681. The van der Waals surface area contributed by atoms with Crippen LogP contribution in [0.25, 0.3) is 11.0 Å². The lowest BCUT2D eigenvalue weighted by molar-refractivity contribution is -0.120. The van der Waals surface area contributed by atoms with Gasteiger partial charge < -0.3 is 14.5 Å². The van der Waals surface area contributed by atoms with Crippen molar-refractivity contribution in [2.45, 2.75) is 25.7 Å². The van der Waals surface area contributed by atoms with E-state index in [9.17, 15) is 4.79 Å². The summed E-state index contributed by atoms with van der Waals surface area (Å²) in [6, 6.07) is 13.3. The molecule has 4 nitrogen and oxygen atoms in total. The van der Waals surface area contributed by atoms with Crippen molar-refractivity contribution < 1.29 is 13.9 Å². The van der Waals surface area contributed by atoms with Gasteiger partial charge in [0.2, 0.25) is 5.91 Å². The second-order valence-corrected chi connectivity index (χ2v) is 7.41. The Morgan fingerprint density at radius 1 is 1.23 bits per heavy atom. The van der Waals surface area contributed by atoms with Crippen LogP contribution in [-0.4, -0.2) is 19.6 Å². The maximum atomic E-state index is 12.4. The molecule has 0 aliphatic carbocycles. The molecule has 1 heterocycles. The van der Waals surface area contributed by atoms with Gasteiger partial charge >= 0.3 is 0 Å². The Morgan fingerprint density at radius 2 is 2.04 bits per heavy atom. The van der Waals surface area contributed by atoms with Gasteiger partial charge in [0, 0.05) is 34.0 Å². The Kier molecular flexibility index (Phi) is 5.23. The van der Waals surface area contributed by atoms with Gasteiger partial charge in [-0.15, -0.1) is 0 Å². The van der Waals surface area contributed by atoms with E-state index < -0.39 is 0 Å². The van der Waals surface area contributed by atoms with Crippen molar-refractivity contribution in [1.82, 2.24) is 5.32 Å². The first-order valence-corrected chi connectivity index (χ1v) is 8.84. The zero-order valence-electron chi connectivity index (χ0n) is 15.1. The first kappa shape index (κ1) is 18.3. The van der Waals surface area contributed by atoms with Gasteiger partial charge in [-0.1, -0.05) is 37.6 Å². The highest BCUT2D eigenvalue weighted by Crippen LogP contribution is 2.27. The highest BCUT2D eigenvalue weighted by molar-refractivity contribution is 6.30. The van der Waals surface area contributed by atoms with Gasteiger partial charge in [-0.2, -0.15) is 0 Å². The number of benzene rings is 2. The van der Waals surface area contributed by atoms with Crippen LogP contribution in [0.15, 0.2) is 53.1 Å². The van der Waals surface area contributed by atoms with Gasteiger partial charge in [0.15, 0.2) is 0 Å². The lowest BCUT2D eigenvalue weighted by Crippen LogP contribution is -2.37. The summed E-state index contributed by atoms with van der Waals surface area (Å²) in [5.41, 5.74) is 2.45. The molecule has 0 radical (unpaired) electrons. The average molecular weight is 372 g/mol. The maximum absolute atomic E-state index is 12.4. The molecule has 5 heteroatoms. The van der Waals surface area contributed by atoms with Crippen LogP contribution in [0.4, 0.5) is 0 Å². The van der Waals surface area contributed by atoms with Crippen molar-refractivity contribution in [3.63, 3.8) is 0 Å². The molecule has 0 bridgehead atoms. The number of furan rings is 1. The normalized spacial score (nSPS) is 11.5. The van der Waals surface area contributed by atoms with Gasteiger partial charge in [0.1, 0.15) is 11.3 Å².